The summed E-state index contributed by atoms with van der Waals surface area (Å²) in [5, 5.41) is 18.0. The van der Waals surface area contributed by atoms with Gasteiger partial charge in [-0.1, -0.05) is 18.7 Å². The van der Waals surface area contributed by atoms with Gasteiger partial charge in [0, 0.05) is 85.3 Å². The molecule has 2 unspecified atom stereocenters. The molecule has 0 aromatic carbocycles. The van der Waals surface area contributed by atoms with E-state index in [-0.39, 0.29) is 11.1 Å². The zero-order valence-electron chi connectivity index (χ0n) is 20.9. The molecule has 0 aliphatic rings. The summed E-state index contributed by atoms with van der Waals surface area (Å²) in [6.45, 7) is 2.13. The van der Waals surface area contributed by atoms with Crippen LogP contribution in [0.5, 0.6) is 0 Å². The molecule has 0 aromatic rings. The Balaban J connectivity index is 3.27. The first kappa shape index (κ1) is 41.1. The summed E-state index contributed by atoms with van der Waals surface area (Å²) in [6.07, 6.45) is 0. The van der Waals surface area contributed by atoms with Crippen molar-refractivity contribution in [2.45, 2.75) is 6.92 Å². The number of hydrogen-bond donors (Lipinski definition) is 1. The Morgan fingerprint density at radius 1 is 0.595 bits per heavy atom. The Morgan fingerprint density at radius 2 is 1.05 bits per heavy atom. The van der Waals surface area contributed by atoms with Crippen LogP contribution in [0.3, 0.4) is 0 Å². The standard InChI is InChI=1S/C19H38O4S14/c1-2-24-3-5-36(22)18-34-15-31-13-30-14-32-16-35-19(21)7-26-10-29-12-28-9-25-4-6-37(23)17-33-11-27-8-20/h20H,2-18H2,1H3. The molecule has 0 saturated carbocycles. The van der Waals surface area contributed by atoms with Crippen LogP contribution in [0.15, 0.2) is 0 Å². The SMILES string of the molecule is CCSCCS(=O)CSCSCSCSCSC(=O)CSCSCSCSCCS(=O)CSCSCO. The minimum atomic E-state index is -0.767. The molecule has 0 aliphatic carbocycles. The molecular weight excluding hydrogens is 741 g/mol. The first-order chi connectivity index (χ1) is 18.1. The highest BCUT2D eigenvalue weighted by molar-refractivity contribution is 8.31. The molecule has 1 N–H and O–H groups in total. The predicted octanol–water partition coefficient (Wildman–Crippen LogP) is 7.35. The highest BCUT2D eigenvalue weighted by Gasteiger charge is 2.04. The molecule has 37 heavy (non-hydrogen) atoms. The van der Waals surface area contributed by atoms with Crippen molar-refractivity contribution in [1.29, 1.82) is 0 Å². The summed E-state index contributed by atoms with van der Waals surface area (Å²) < 4.78 is 23.6. The van der Waals surface area contributed by atoms with Crippen LogP contribution in [0, 0.1) is 0 Å². The van der Waals surface area contributed by atoms with Crippen LogP contribution < -0.4 is 0 Å². The van der Waals surface area contributed by atoms with E-state index in [2.05, 4.69) is 6.92 Å². The Labute approximate surface area is 280 Å². The highest BCUT2D eigenvalue weighted by Crippen LogP contribution is 2.25. The maximum atomic E-state index is 12.0. The molecule has 4 nitrogen and oxygen atoms in total. The molecule has 0 spiro atoms. The Morgan fingerprint density at radius 3 is 1.62 bits per heavy atom. The van der Waals surface area contributed by atoms with Crippen molar-refractivity contribution in [1.82, 2.24) is 0 Å². The number of aliphatic hydroxyl groups is 1. The van der Waals surface area contributed by atoms with Crippen LogP contribution in [-0.2, 0) is 26.4 Å². The lowest BCUT2D eigenvalue weighted by Gasteiger charge is -2.04. The largest absolute Gasteiger partial charge is 0.386 e. The predicted molar refractivity (Wildman–Crippen MR) is 203 cm³/mol. The molecule has 0 rings (SSSR count). The van der Waals surface area contributed by atoms with Crippen molar-refractivity contribution in [3.63, 3.8) is 0 Å². The molecule has 0 aliphatic heterocycles. The fraction of sp³-hybridized carbons (Fsp3) is 0.947. The molecule has 0 amide bonds. The van der Waals surface area contributed by atoms with Crippen molar-refractivity contribution in [2.75, 3.05) is 91.3 Å². The first-order valence-electron chi connectivity index (χ1n) is 10.9. The summed E-state index contributed by atoms with van der Waals surface area (Å²) in [7, 11) is -1.45. The monoisotopic (exact) mass is 778 g/mol. The highest BCUT2D eigenvalue weighted by atomic mass is 32.3. The average Bonchev–Trinajstić information content (AvgIpc) is 2.89. The third-order valence-electron chi connectivity index (χ3n) is 3.33. The van der Waals surface area contributed by atoms with Crippen molar-refractivity contribution in [2.24, 2.45) is 0 Å². The summed E-state index contributed by atoms with van der Waals surface area (Å²) in [5.74, 6) is 5.28. The first-order valence-corrected chi connectivity index (χ1v) is 27.6. The maximum absolute atomic E-state index is 12.0. The van der Waals surface area contributed by atoms with Gasteiger partial charge in [0.2, 0.25) is 0 Å². The lowest BCUT2D eigenvalue weighted by Crippen LogP contribution is -2.02. The molecule has 0 fully saturated rings. The fourth-order valence-electron chi connectivity index (χ4n) is 1.77. The van der Waals surface area contributed by atoms with Crippen molar-refractivity contribution < 1.29 is 18.3 Å². The molecule has 222 valence electrons. The molecule has 0 heterocycles. The molecule has 18 heteroatoms. The van der Waals surface area contributed by atoms with E-state index in [1.165, 1.54) is 23.5 Å². The van der Waals surface area contributed by atoms with E-state index in [0.717, 1.165) is 74.5 Å². The number of carbonyl (C=O) groups excluding carboxylic acids is 1. The Hall–Kier alpha value is 4.13. The smallest absolute Gasteiger partial charge is 0.199 e. The van der Waals surface area contributed by atoms with E-state index in [4.69, 9.17) is 5.11 Å². The minimum absolute atomic E-state index is 0.128. The van der Waals surface area contributed by atoms with Crippen molar-refractivity contribution >= 4 is 168 Å². The average molecular weight is 779 g/mol. The van der Waals surface area contributed by atoms with E-state index in [0.29, 0.717) is 10.8 Å². The summed E-state index contributed by atoms with van der Waals surface area (Å²) in [6, 6.07) is 0. The number of thioether (sulfide) groups is 12. The van der Waals surface area contributed by atoms with Gasteiger partial charge in [-0.15, -0.1) is 106 Å². The van der Waals surface area contributed by atoms with Gasteiger partial charge in [0.15, 0.2) is 5.12 Å². The molecular formula is C19H38O4S14. The summed E-state index contributed by atoms with van der Waals surface area (Å²) >= 11 is 21.0. The van der Waals surface area contributed by atoms with Gasteiger partial charge >= 0.3 is 0 Å². The fourth-order valence-corrected chi connectivity index (χ4v) is 19.1. The minimum Gasteiger partial charge on any atom is -0.386 e. The van der Waals surface area contributed by atoms with Crippen LogP contribution in [0.4, 0.5) is 0 Å². The lowest BCUT2D eigenvalue weighted by molar-refractivity contribution is -0.108. The van der Waals surface area contributed by atoms with Gasteiger partial charge in [-0.25, -0.2) is 0 Å². The van der Waals surface area contributed by atoms with E-state index >= 15 is 0 Å². The second-order valence-electron chi connectivity index (χ2n) is 6.20. The number of hydrogen-bond acceptors (Lipinski definition) is 16. The van der Waals surface area contributed by atoms with Crippen molar-refractivity contribution in [3.8, 4) is 0 Å². The van der Waals surface area contributed by atoms with Crippen molar-refractivity contribution in [3.05, 3.63) is 0 Å². The Kier molecular flexibility index (Phi) is 38.5. The summed E-state index contributed by atoms with van der Waals surface area (Å²) in [5.41, 5.74) is 0. The van der Waals surface area contributed by atoms with Gasteiger partial charge in [0.05, 0.1) is 21.9 Å². The zero-order chi connectivity index (χ0) is 27.2. The molecule has 2 atom stereocenters. The van der Waals surface area contributed by atoms with Crippen LogP contribution >= 0.6 is 141 Å². The van der Waals surface area contributed by atoms with E-state index in [1.54, 1.807) is 35.3 Å². The topological polar surface area (TPSA) is 71.4 Å². The Bertz CT molecular complexity index is 561. The zero-order valence-corrected chi connectivity index (χ0v) is 32.3. The summed E-state index contributed by atoms with van der Waals surface area (Å²) in [4.78, 5) is 12.0. The van der Waals surface area contributed by atoms with Gasteiger partial charge in [-0.05, 0) is 5.75 Å². The van der Waals surface area contributed by atoms with E-state index in [1.807, 2.05) is 82.3 Å². The van der Waals surface area contributed by atoms with E-state index < -0.39 is 21.6 Å². The van der Waals surface area contributed by atoms with E-state index in [9.17, 15) is 13.2 Å². The van der Waals surface area contributed by atoms with Gasteiger partial charge in [-0.3, -0.25) is 13.2 Å². The maximum Gasteiger partial charge on any atom is 0.199 e. The normalized spacial score (nSPS) is 13.1. The van der Waals surface area contributed by atoms with Crippen LogP contribution in [0.2, 0.25) is 0 Å². The number of aliphatic hydroxyl groups excluding tert-OH is 1. The third-order valence-corrected chi connectivity index (χ3v) is 21.8. The van der Waals surface area contributed by atoms with Crippen LogP contribution in [0.25, 0.3) is 0 Å². The second-order valence-corrected chi connectivity index (χ2v) is 25.4. The van der Waals surface area contributed by atoms with Gasteiger partial charge in [0.1, 0.15) is 0 Å². The molecule has 0 bridgehead atoms. The van der Waals surface area contributed by atoms with Gasteiger partial charge < -0.3 is 5.11 Å². The molecule has 0 aromatic heterocycles. The third kappa shape index (κ3) is 34.5. The van der Waals surface area contributed by atoms with Crippen LogP contribution in [-0.4, -0.2) is 110 Å². The number of carbonyl (C=O) groups is 1. The number of rotatable bonds is 30. The van der Waals surface area contributed by atoms with Gasteiger partial charge in [-0.2, -0.15) is 23.5 Å². The second kappa shape index (κ2) is 34.6. The lowest BCUT2D eigenvalue weighted by atomic mass is 10.9. The molecule has 0 radical (unpaired) electrons. The van der Waals surface area contributed by atoms with Gasteiger partial charge in [0.25, 0.3) is 0 Å². The quantitative estimate of drug-likeness (QED) is 0.0583. The molecule has 0 saturated heterocycles. The van der Waals surface area contributed by atoms with Crippen LogP contribution in [0.1, 0.15) is 6.92 Å².